The van der Waals surface area contributed by atoms with E-state index in [1.54, 1.807) is 0 Å². The Morgan fingerprint density at radius 3 is 0.560 bits per heavy atom. The van der Waals surface area contributed by atoms with Gasteiger partial charge in [0.1, 0.15) is 0 Å². The van der Waals surface area contributed by atoms with Crippen LogP contribution >= 0.6 is 0 Å². The summed E-state index contributed by atoms with van der Waals surface area (Å²) in [4.78, 5) is 40.6. The van der Waals surface area contributed by atoms with Crippen molar-refractivity contribution in [3.63, 3.8) is 0 Å². The number of hydrogen-bond acceptors (Lipinski definition) is 14. The molecule has 0 saturated heterocycles. The Hall–Kier alpha value is -1.65. The van der Waals surface area contributed by atoms with Crippen molar-refractivity contribution in [2.75, 3.05) is 0 Å². The van der Waals surface area contributed by atoms with Gasteiger partial charge in [-0.25, -0.2) is 0 Å². The molecule has 0 heterocycles. The van der Waals surface area contributed by atoms with Crippen molar-refractivity contribution in [3.8, 4) is 29.8 Å². The van der Waals surface area contributed by atoms with Crippen LogP contribution in [0.15, 0.2) is 15.7 Å². The molecule has 0 aliphatic rings. The molecule has 14 nitrogen and oxygen atoms in total. The fraction of sp³-hybridized carbons (Fsp3) is 0. The van der Waals surface area contributed by atoms with Gasteiger partial charge in [-0.3, -0.25) is 0 Å². The van der Waals surface area contributed by atoms with E-state index >= 15 is 0 Å². The van der Waals surface area contributed by atoms with Gasteiger partial charge < -0.3 is 0 Å². The Balaban J connectivity index is -0.0000000909. The van der Waals surface area contributed by atoms with Crippen LogP contribution in [0.4, 0.5) is 0 Å². The molecule has 0 atom stereocenters. The molecular formula is C6FeN10O4Zn4. The number of nitriles is 6. The molecule has 19 heteroatoms. The van der Waals surface area contributed by atoms with E-state index in [0.29, 0.717) is 74.2 Å². The van der Waals surface area contributed by atoms with E-state index < -0.39 is 10.7 Å². The van der Waals surface area contributed by atoms with Gasteiger partial charge in [-0.1, -0.05) is 0 Å². The van der Waals surface area contributed by atoms with Crippen molar-refractivity contribution < 1.29 is 84.9 Å². The minimum atomic E-state index is -6.17. The van der Waals surface area contributed by atoms with Crippen LogP contribution in [0.25, 0.3) is 0 Å². The second-order valence-corrected chi connectivity index (χ2v) is 10.1. The van der Waals surface area contributed by atoms with E-state index in [9.17, 15) is 0 Å². The predicted octanol–water partition coefficient (Wildman–Crippen LogP) is 0.957. The Labute approximate surface area is 180 Å². The average Bonchev–Trinajstić information content (AvgIpc) is 2.63. The molecule has 0 fully saturated rings. The van der Waals surface area contributed by atoms with E-state index in [0.717, 1.165) is 29.8 Å². The number of nitrogens with zero attached hydrogens (tertiary/aromatic N) is 10. The van der Waals surface area contributed by atoms with Gasteiger partial charge in [0.15, 0.2) is 0 Å². The summed E-state index contributed by atoms with van der Waals surface area (Å²) in [6, 6.07) is 0. The zero-order chi connectivity index (χ0) is 21.5. The van der Waals surface area contributed by atoms with Gasteiger partial charge in [0.05, 0.1) is 0 Å². The van der Waals surface area contributed by atoms with Crippen molar-refractivity contribution in [1.29, 1.82) is 31.6 Å². The molecule has 114 valence electrons. The Morgan fingerprint density at radius 2 is 0.560 bits per heavy atom. The van der Waals surface area contributed by atoms with Gasteiger partial charge in [-0.05, 0) is 0 Å². The summed E-state index contributed by atoms with van der Waals surface area (Å²) in [7, 11) is -6.17. The first-order valence-corrected chi connectivity index (χ1v) is 13.0. The van der Waals surface area contributed by atoms with E-state index in [1.165, 1.54) is 0 Å². The first kappa shape index (κ1) is 34.6. The molecule has 0 aromatic rings. The summed E-state index contributed by atoms with van der Waals surface area (Å²) in [6.45, 7) is 0. The fourth-order valence-electron chi connectivity index (χ4n) is 0.265. The van der Waals surface area contributed by atoms with Crippen molar-refractivity contribution in [1.82, 2.24) is 0 Å². The fourth-order valence-corrected chi connectivity index (χ4v) is 1.09. The van der Waals surface area contributed by atoms with Gasteiger partial charge in [0.2, 0.25) is 0 Å². The van der Waals surface area contributed by atoms with E-state index in [4.69, 9.17) is 51.2 Å². The minimum absolute atomic E-state index is 0.514. The summed E-state index contributed by atoms with van der Waals surface area (Å²) < 4.78 is 9.50. The summed E-state index contributed by atoms with van der Waals surface area (Å²) >= 11 is 2.06. The van der Waals surface area contributed by atoms with Crippen LogP contribution in [0.2, 0.25) is 0 Å². The van der Waals surface area contributed by atoms with Crippen molar-refractivity contribution in [2.45, 2.75) is 0 Å². The molecule has 0 unspecified atom stereocenters. The van der Waals surface area contributed by atoms with Gasteiger partial charge in [0.25, 0.3) is 0 Å². The summed E-state index contributed by atoms with van der Waals surface area (Å²) in [5.74, 6) is 0. The number of nitroso groups, excluding NO2 is 4. The normalized spacial score (nSPS) is 9.20. The van der Waals surface area contributed by atoms with E-state index in [1.807, 2.05) is 0 Å². The van der Waals surface area contributed by atoms with E-state index in [-0.39, 0.29) is 0 Å². The second-order valence-electron chi connectivity index (χ2n) is 2.32. The maximum absolute atomic E-state index is 8.61. The van der Waals surface area contributed by atoms with Gasteiger partial charge in [-0.15, -0.1) is 0 Å². The third kappa shape index (κ3) is 11.5. The van der Waals surface area contributed by atoms with Crippen LogP contribution in [0.3, 0.4) is 0 Å². The van der Waals surface area contributed by atoms with Crippen molar-refractivity contribution >= 4 is 0 Å². The molecule has 0 spiro atoms. The van der Waals surface area contributed by atoms with Crippen LogP contribution in [0.5, 0.6) is 0 Å². The molecule has 0 saturated carbocycles. The first-order valence-electron chi connectivity index (χ1n) is 4.40. The van der Waals surface area contributed by atoms with Crippen molar-refractivity contribution in [3.05, 3.63) is 19.6 Å². The van der Waals surface area contributed by atoms with E-state index in [2.05, 4.69) is 15.7 Å². The Bertz CT molecular complexity index is 564. The van der Waals surface area contributed by atoms with Crippen LogP contribution in [-0.4, -0.2) is 0 Å². The third-order valence-electron chi connectivity index (χ3n) is 1.19. The summed E-state index contributed by atoms with van der Waals surface area (Å²) in [5.41, 5.74) is 0. The molecule has 0 rings (SSSR count). The monoisotopic (exact) mass is 588 g/mol. The molecule has 0 bridgehead atoms. The van der Waals surface area contributed by atoms with Crippen LogP contribution in [0, 0.1) is 81.0 Å². The maximum atomic E-state index is 8.61. The van der Waals surface area contributed by atoms with Gasteiger partial charge in [0, 0.05) is 0 Å². The topological polar surface area (TPSA) is 260 Å². The predicted molar refractivity (Wildman–Crippen MR) is 56.9 cm³/mol. The zero-order valence-corrected chi connectivity index (χ0v) is 25.3. The molecule has 0 radical (unpaired) electrons. The Morgan fingerprint density at radius 1 is 0.480 bits per heavy atom. The number of hydrogen-bond donors (Lipinski definition) is 0. The standard InChI is InChI=1S/6CN.Fe.4NO.4Zn/c6*1-2;;4*1-2;;;;/q;;;;;;-4;4*-1;4*+2. The zero-order valence-electron chi connectivity index (χ0n) is 12.3. The van der Waals surface area contributed by atoms with Crippen LogP contribution in [-0.2, 0) is 84.9 Å². The van der Waals surface area contributed by atoms with Gasteiger partial charge >= 0.3 is 182 Å². The summed E-state index contributed by atoms with van der Waals surface area (Å²) in [5, 5.41) is 51.5. The van der Waals surface area contributed by atoms with Crippen LogP contribution in [0.1, 0.15) is 0 Å². The summed E-state index contributed by atoms with van der Waals surface area (Å²) in [6.07, 6.45) is 0. The van der Waals surface area contributed by atoms with Crippen molar-refractivity contribution in [2.24, 2.45) is 15.7 Å². The number of rotatable bonds is 0. The molecule has 25 heavy (non-hydrogen) atoms. The molecule has 0 aliphatic heterocycles. The first-order chi connectivity index (χ1) is 11.6. The quantitative estimate of drug-likeness (QED) is 0.283. The molecule has 0 aromatic carbocycles. The van der Waals surface area contributed by atoms with Gasteiger partial charge in [-0.2, -0.15) is 0 Å². The molecule has 0 aromatic heterocycles. The molecule has 0 amide bonds. The SMILES string of the molecule is N#[C][Fe-4]([C]#N)([C]#N)([C]#N)([C]#N)[C]#N.O=[N][Zn+].O=[N][Zn+].O=[N][Zn+].O=[N][Zn+]. The average molecular weight is 594 g/mol. The second kappa shape index (κ2) is 18.7. The third-order valence-corrected chi connectivity index (χ3v) is 4.89. The molecule has 0 N–H and O–H groups in total. The van der Waals surface area contributed by atoms with Crippen LogP contribution < -0.4 is 0 Å². The Kier molecular flexibility index (Phi) is 25.9. The molecule has 0 aliphatic carbocycles. The molecular weight excluding hydrogens is 594 g/mol.